The summed E-state index contributed by atoms with van der Waals surface area (Å²) in [6.45, 7) is 0. The van der Waals surface area contributed by atoms with Gasteiger partial charge in [-0.2, -0.15) is 0 Å². The summed E-state index contributed by atoms with van der Waals surface area (Å²) < 4.78 is 15.4. The Bertz CT molecular complexity index is 793. The second-order valence-electron chi connectivity index (χ2n) is 4.37. The Morgan fingerprint density at radius 3 is 2.57 bits per heavy atom. The van der Waals surface area contributed by atoms with E-state index in [0.717, 1.165) is 11.3 Å². The summed E-state index contributed by atoms with van der Waals surface area (Å²) in [6, 6.07) is 6.64. The van der Waals surface area contributed by atoms with Crippen LogP contribution in [-0.2, 0) is 6.42 Å². The van der Waals surface area contributed by atoms with E-state index >= 15 is 0 Å². The van der Waals surface area contributed by atoms with E-state index in [9.17, 15) is 4.39 Å². The van der Waals surface area contributed by atoms with Crippen LogP contribution in [0.5, 0.6) is 0 Å². The van der Waals surface area contributed by atoms with E-state index in [0.29, 0.717) is 23.6 Å². The molecule has 0 saturated carbocycles. The van der Waals surface area contributed by atoms with E-state index in [1.165, 1.54) is 12.1 Å². The largest absolute Gasteiger partial charge is 0.281 e. The molecule has 0 aliphatic rings. The molecule has 7 heteroatoms. The standard InChI is InChI=1S/C14H9Cl3FN3/c15-4-3-12-20-11-2-1-5-19-14(11)21(12)8-6-9(16)13(18)10(17)7-8/h1-2,5-7H,3-4H2. The quantitative estimate of drug-likeness (QED) is 0.511. The van der Waals surface area contributed by atoms with E-state index < -0.39 is 5.82 Å². The van der Waals surface area contributed by atoms with Crippen LogP contribution in [0.3, 0.4) is 0 Å². The number of halogens is 4. The van der Waals surface area contributed by atoms with Gasteiger partial charge in [-0.25, -0.2) is 14.4 Å². The lowest BCUT2D eigenvalue weighted by atomic mass is 10.3. The number of hydrogen-bond acceptors (Lipinski definition) is 2. The third-order valence-corrected chi connectivity index (χ3v) is 3.77. The van der Waals surface area contributed by atoms with Crippen LogP contribution in [0, 0.1) is 5.82 Å². The van der Waals surface area contributed by atoms with Crippen molar-refractivity contribution in [3.8, 4) is 5.69 Å². The van der Waals surface area contributed by atoms with Crippen molar-refractivity contribution in [1.82, 2.24) is 14.5 Å². The molecule has 2 heterocycles. The van der Waals surface area contributed by atoms with Crippen molar-refractivity contribution < 1.29 is 4.39 Å². The molecule has 3 nitrogen and oxygen atoms in total. The smallest absolute Gasteiger partial charge is 0.164 e. The van der Waals surface area contributed by atoms with E-state index in [4.69, 9.17) is 34.8 Å². The molecule has 108 valence electrons. The molecule has 21 heavy (non-hydrogen) atoms. The lowest BCUT2D eigenvalue weighted by Gasteiger charge is -2.09. The summed E-state index contributed by atoms with van der Waals surface area (Å²) in [5.74, 6) is 0.488. The van der Waals surface area contributed by atoms with Gasteiger partial charge < -0.3 is 0 Å². The number of imidazole rings is 1. The van der Waals surface area contributed by atoms with E-state index in [1.807, 2.05) is 6.07 Å². The second-order valence-corrected chi connectivity index (χ2v) is 5.56. The van der Waals surface area contributed by atoms with Gasteiger partial charge in [0.25, 0.3) is 0 Å². The van der Waals surface area contributed by atoms with Crippen molar-refractivity contribution in [2.45, 2.75) is 6.42 Å². The van der Waals surface area contributed by atoms with Gasteiger partial charge in [-0.05, 0) is 24.3 Å². The van der Waals surface area contributed by atoms with Gasteiger partial charge >= 0.3 is 0 Å². The minimum atomic E-state index is -0.640. The van der Waals surface area contributed by atoms with Crippen molar-refractivity contribution in [2.75, 3.05) is 5.88 Å². The van der Waals surface area contributed by atoms with Crippen molar-refractivity contribution in [3.05, 3.63) is 52.1 Å². The van der Waals surface area contributed by atoms with E-state index in [1.54, 1.807) is 16.8 Å². The van der Waals surface area contributed by atoms with Gasteiger partial charge in [0, 0.05) is 18.5 Å². The van der Waals surface area contributed by atoms with Crippen LogP contribution in [0.25, 0.3) is 16.9 Å². The predicted octanol–water partition coefficient (Wildman–Crippen LogP) is 4.65. The first-order valence-corrected chi connectivity index (χ1v) is 7.44. The average molecular weight is 345 g/mol. The zero-order valence-electron chi connectivity index (χ0n) is 10.7. The van der Waals surface area contributed by atoms with Crippen LogP contribution in [0.2, 0.25) is 10.0 Å². The molecule has 0 bridgehead atoms. The highest BCUT2D eigenvalue weighted by molar-refractivity contribution is 6.35. The molecule has 0 aliphatic heterocycles. The molecule has 0 amide bonds. The third kappa shape index (κ3) is 2.59. The fraction of sp³-hybridized carbons (Fsp3) is 0.143. The van der Waals surface area contributed by atoms with Crippen molar-refractivity contribution >= 4 is 46.0 Å². The monoisotopic (exact) mass is 343 g/mol. The Labute approximate surface area is 135 Å². The number of hydrogen-bond donors (Lipinski definition) is 0. The van der Waals surface area contributed by atoms with Gasteiger partial charge in [0.1, 0.15) is 11.3 Å². The van der Waals surface area contributed by atoms with Gasteiger partial charge in [-0.1, -0.05) is 23.2 Å². The molecule has 0 spiro atoms. The Morgan fingerprint density at radius 1 is 1.19 bits per heavy atom. The predicted molar refractivity (Wildman–Crippen MR) is 83.3 cm³/mol. The van der Waals surface area contributed by atoms with Gasteiger partial charge in [0.2, 0.25) is 0 Å². The van der Waals surface area contributed by atoms with Crippen molar-refractivity contribution in [3.63, 3.8) is 0 Å². The van der Waals surface area contributed by atoms with Crippen molar-refractivity contribution in [2.24, 2.45) is 0 Å². The first kappa shape index (κ1) is 14.6. The Balaban J connectivity index is 2.30. The van der Waals surface area contributed by atoms with Crippen LogP contribution < -0.4 is 0 Å². The molecule has 0 unspecified atom stereocenters. The zero-order valence-corrected chi connectivity index (χ0v) is 12.9. The van der Waals surface area contributed by atoms with Crippen molar-refractivity contribution in [1.29, 1.82) is 0 Å². The van der Waals surface area contributed by atoms with Gasteiger partial charge in [0.05, 0.1) is 15.7 Å². The normalized spacial score (nSPS) is 11.2. The molecule has 3 aromatic rings. The summed E-state index contributed by atoms with van der Waals surface area (Å²) in [7, 11) is 0. The highest BCUT2D eigenvalue weighted by Crippen LogP contribution is 2.29. The highest BCUT2D eigenvalue weighted by atomic mass is 35.5. The number of benzene rings is 1. The van der Waals surface area contributed by atoms with Crippen LogP contribution in [0.1, 0.15) is 5.82 Å². The van der Waals surface area contributed by atoms with Crippen LogP contribution in [0.15, 0.2) is 30.5 Å². The number of nitrogens with zero attached hydrogens (tertiary/aromatic N) is 3. The van der Waals surface area contributed by atoms with Crippen LogP contribution in [-0.4, -0.2) is 20.4 Å². The number of pyridine rings is 1. The maximum Gasteiger partial charge on any atom is 0.164 e. The number of aryl methyl sites for hydroxylation is 1. The van der Waals surface area contributed by atoms with E-state index in [-0.39, 0.29) is 10.0 Å². The number of fused-ring (bicyclic) bond motifs is 1. The highest BCUT2D eigenvalue weighted by Gasteiger charge is 2.16. The molecular weight excluding hydrogens is 336 g/mol. The average Bonchev–Trinajstić information content (AvgIpc) is 2.82. The first-order chi connectivity index (χ1) is 10.1. The molecule has 0 fully saturated rings. The second kappa shape index (κ2) is 5.79. The molecular formula is C14H9Cl3FN3. The minimum absolute atomic E-state index is 0.0490. The summed E-state index contributed by atoms with van der Waals surface area (Å²) in [5, 5.41) is -0.0980. The maximum absolute atomic E-state index is 13.6. The summed E-state index contributed by atoms with van der Waals surface area (Å²) >= 11 is 17.6. The van der Waals surface area contributed by atoms with E-state index in [2.05, 4.69) is 9.97 Å². The summed E-state index contributed by atoms with van der Waals surface area (Å²) in [4.78, 5) is 8.82. The first-order valence-electron chi connectivity index (χ1n) is 6.15. The molecule has 0 saturated heterocycles. The molecule has 0 radical (unpaired) electrons. The third-order valence-electron chi connectivity index (χ3n) is 3.03. The lowest BCUT2D eigenvalue weighted by Crippen LogP contribution is -2.03. The van der Waals surface area contributed by atoms with Gasteiger partial charge in [0.15, 0.2) is 11.5 Å². The van der Waals surface area contributed by atoms with Crippen LogP contribution >= 0.6 is 34.8 Å². The molecule has 0 N–H and O–H groups in total. The SMILES string of the molecule is Fc1c(Cl)cc(-n2c(CCCl)nc3cccnc32)cc1Cl. The fourth-order valence-electron chi connectivity index (χ4n) is 2.15. The molecule has 1 aromatic carbocycles. The number of alkyl halides is 1. The van der Waals surface area contributed by atoms with Gasteiger partial charge in [-0.3, -0.25) is 4.57 Å². The Kier molecular flexibility index (Phi) is 4.02. The zero-order chi connectivity index (χ0) is 15.0. The topological polar surface area (TPSA) is 30.7 Å². The minimum Gasteiger partial charge on any atom is -0.281 e. The van der Waals surface area contributed by atoms with Crippen LogP contribution in [0.4, 0.5) is 4.39 Å². The molecule has 0 aliphatic carbocycles. The fourth-order valence-corrected chi connectivity index (χ4v) is 2.80. The Hall–Kier alpha value is -1.36. The Morgan fingerprint density at radius 2 is 1.90 bits per heavy atom. The summed E-state index contributed by atoms with van der Waals surface area (Å²) in [5.41, 5.74) is 1.98. The number of rotatable bonds is 3. The maximum atomic E-state index is 13.6. The molecule has 0 atom stereocenters. The molecule has 2 aromatic heterocycles. The van der Waals surface area contributed by atoms with Gasteiger partial charge in [-0.15, -0.1) is 11.6 Å². The lowest BCUT2D eigenvalue weighted by molar-refractivity contribution is 0.628. The number of aromatic nitrogens is 3. The molecule has 3 rings (SSSR count). The summed E-state index contributed by atoms with van der Waals surface area (Å²) in [6.07, 6.45) is 2.21.